The van der Waals surface area contributed by atoms with E-state index in [0.29, 0.717) is 6.54 Å². The maximum atomic E-state index is 11.7. The van der Waals surface area contributed by atoms with Gasteiger partial charge in [-0.05, 0) is 11.8 Å². The number of rotatable bonds is 4. The summed E-state index contributed by atoms with van der Waals surface area (Å²) in [4.78, 5) is 0.00130. The normalized spacial score (nSPS) is 12.9. The fourth-order valence-corrected chi connectivity index (χ4v) is 2.19. The third-order valence-electron chi connectivity index (χ3n) is 2.09. The minimum absolute atomic E-state index is 0.00130. The van der Waals surface area contributed by atoms with Crippen LogP contribution in [0, 0.1) is 5.41 Å². The smallest absolute Gasteiger partial charge is 0.245 e. The molecule has 0 spiro atoms. The Balaban J connectivity index is 2.64. The Kier molecular flexibility index (Phi) is 3.59. The summed E-state index contributed by atoms with van der Waals surface area (Å²) in [6, 6.07) is 0. The minimum atomic E-state index is -3.54. The number of anilines is 1. The van der Waals surface area contributed by atoms with Gasteiger partial charge in [0, 0.05) is 6.54 Å². The molecule has 0 saturated carbocycles. The average Bonchev–Trinajstić information content (AvgIpc) is 2.48. The molecule has 0 aliphatic carbocycles. The minimum Gasteiger partial charge on any atom is -0.383 e. The Labute approximate surface area is 95.7 Å². The van der Waals surface area contributed by atoms with Gasteiger partial charge >= 0.3 is 0 Å². The van der Waals surface area contributed by atoms with Gasteiger partial charge in [0.25, 0.3) is 0 Å². The van der Waals surface area contributed by atoms with Crippen LogP contribution in [-0.4, -0.2) is 25.2 Å². The fourth-order valence-electron chi connectivity index (χ4n) is 1.14. The van der Waals surface area contributed by atoms with E-state index in [0.717, 1.165) is 6.42 Å². The third kappa shape index (κ3) is 3.49. The first kappa shape index (κ1) is 13.0. The van der Waals surface area contributed by atoms with Crippen LogP contribution in [0.2, 0.25) is 0 Å². The molecule has 0 aliphatic rings. The van der Waals surface area contributed by atoms with Crippen molar-refractivity contribution >= 4 is 15.8 Å². The molecule has 0 amide bonds. The zero-order chi connectivity index (χ0) is 12.4. The van der Waals surface area contributed by atoms with Gasteiger partial charge in [0.05, 0.1) is 6.20 Å². The number of H-pyrrole nitrogens is 1. The first-order chi connectivity index (χ1) is 7.22. The Morgan fingerprint density at radius 3 is 2.56 bits per heavy atom. The maximum absolute atomic E-state index is 11.7. The van der Waals surface area contributed by atoms with E-state index in [-0.39, 0.29) is 16.1 Å². The Bertz CT molecular complexity index is 444. The van der Waals surface area contributed by atoms with Crippen molar-refractivity contribution in [1.82, 2.24) is 14.9 Å². The number of aromatic amines is 1. The molecule has 6 nitrogen and oxygen atoms in total. The van der Waals surface area contributed by atoms with E-state index in [9.17, 15) is 8.42 Å². The predicted octanol–water partition coefficient (Wildman–Crippen LogP) is 0.706. The van der Waals surface area contributed by atoms with Crippen molar-refractivity contribution in [1.29, 1.82) is 0 Å². The number of nitrogens with one attached hydrogen (secondary N) is 2. The molecule has 92 valence electrons. The molecule has 0 bridgehead atoms. The third-order valence-corrected chi connectivity index (χ3v) is 3.58. The molecule has 1 aromatic rings. The molecule has 1 heterocycles. The SMILES string of the molecule is CC(C)(C)CCNS(=O)(=O)c1cn[nH]c1N. The molecule has 1 aromatic heterocycles. The molecule has 0 unspecified atom stereocenters. The lowest BCUT2D eigenvalue weighted by molar-refractivity contribution is 0.378. The van der Waals surface area contributed by atoms with Crippen molar-refractivity contribution in [3.8, 4) is 0 Å². The average molecular weight is 246 g/mol. The molecular weight excluding hydrogens is 228 g/mol. The van der Waals surface area contributed by atoms with Gasteiger partial charge in [0.2, 0.25) is 10.0 Å². The van der Waals surface area contributed by atoms with Gasteiger partial charge in [0.15, 0.2) is 0 Å². The quantitative estimate of drug-likeness (QED) is 0.728. The van der Waals surface area contributed by atoms with Crippen molar-refractivity contribution in [3.05, 3.63) is 6.20 Å². The van der Waals surface area contributed by atoms with Crippen LogP contribution in [0.25, 0.3) is 0 Å². The summed E-state index contributed by atoms with van der Waals surface area (Å²) >= 11 is 0. The van der Waals surface area contributed by atoms with Crippen molar-refractivity contribution in [3.63, 3.8) is 0 Å². The first-order valence-corrected chi connectivity index (χ1v) is 6.49. The van der Waals surface area contributed by atoms with Gasteiger partial charge in [-0.3, -0.25) is 5.10 Å². The van der Waals surface area contributed by atoms with Gasteiger partial charge in [-0.1, -0.05) is 20.8 Å². The second kappa shape index (κ2) is 4.42. The van der Waals surface area contributed by atoms with Crippen molar-refractivity contribution < 1.29 is 8.42 Å². The number of nitrogens with two attached hydrogens (primary N) is 1. The number of nitrogens with zero attached hydrogens (tertiary/aromatic N) is 1. The van der Waals surface area contributed by atoms with Gasteiger partial charge < -0.3 is 5.73 Å². The van der Waals surface area contributed by atoms with Crippen LogP contribution in [0.15, 0.2) is 11.1 Å². The lowest BCUT2D eigenvalue weighted by Gasteiger charge is -2.17. The number of sulfonamides is 1. The van der Waals surface area contributed by atoms with E-state index in [1.807, 2.05) is 20.8 Å². The molecule has 1 rings (SSSR count). The topological polar surface area (TPSA) is 101 Å². The molecule has 0 atom stereocenters. The summed E-state index contributed by atoms with van der Waals surface area (Å²) in [5.41, 5.74) is 5.53. The van der Waals surface area contributed by atoms with Gasteiger partial charge in [-0.25, -0.2) is 13.1 Å². The van der Waals surface area contributed by atoms with E-state index < -0.39 is 10.0 Å². The lowest BCUT2D eigenvalue weighted by Crippen LogP contribution is -2.27. The van der Waals surface area contributed by atoms with Crippen LogP contribution in [0.1, 0.15) is 27.2 Å². The summed E-state index contributed by atoms with van der Waals surface area (Å²) in [5.74, 6) is 0.0586. The van der Waals surface area contributed by atoms with Crippen LogP contribution in [0.3, 0.4) is 0 Å². The second-order valence-corrected chi connectivity index (χ2v) is 6.59. The molecule has 0 aliphatic heterocycles. The highest BCUT2D eigenvalue weighted by Gasteiger charge is 2.19. The van der Waals surface area contributed by atoms with E-state index in [2.05, 4.69) is 14.9 Å². The summed E-state index contributed by atoms with van der Waals surface area (Å²) < 4.78 is 26.0. The van der Waals surface area contributed by atoms with E-state index >= 15 is 0 Å². The number of nitrogen functional groups attached to an aromatic ring is 1. The molecule has 0 aromatic carbocycles. The molecule has 16 heavy (non-hydrogen) atoms. The van der Waals surface area contributed by atoms with Crippen molar-refractivity contribution in [2.45, 2.75) is 32.1 Å². The van der Waals surface area contributed by atoms with Crippen LogP contribution in [0.4, 0.5) is 5.82 Å². The highest BCUT2D eigenvalue weighted by atomic mass is 32.2. The van der Waals surface area contributed by atoms with Gasteiger partial charge in [0.1, 0.15) is 10.7 Å². The largest absolute Gasteiger partial charge is 0.383 e. The zero-order valence-corrected chi connectivity index (χ0v) is 10.6. The van der Waals surface area contributed by atoms with Crippen molar-refractivity contribution in [2.75, 3.05) is 12.3 Å². The summed E-state index contributed by atoms with van der Waals surface area (Å²) in [7, 11) is -3.54. The van der Waals surface area contributed by atoms with Crippen molar-refractivity contribution in [2.24, 2.45) is 5.41 Å². The van der Waals surface area contributed by atoms with Gasteiger partial charge in [-0.2, -0.15) is 5.10 Å². The van der Waals surface area contributed by atoms with Crippen LogP contribution in [0.5, 0.6) is 0 Å². The Hall–Kier alpha value is -1.08. The first-order valence-electron chi connectivity index (χ1n) is 5.01. The summed E-state index contributed by atoms with van der Waals surface area (Å²) in [5, 5.41) is 5.97. The molecule has 7 heteroatoms. The Morgan fingerprint density at radius 1 is 1.50 bits per heavy atom. The summed E-state index contributed by atoms with van der Waals surface area (Å²) in [6.07, 6.45) is 1.96. The molecular formula is C9H18N4O2S. The Morgan fingerprint density at radius 2 is 2.12 bits per heavy atom. The number of aromatic nitrogens is 2. The lowest BCUT2D eigenvalue weighted by atomic mass is 9.93. The predicted molar refractivity (Wildman–Crippen MR) is 62.3 cm³/mol. The molecule has 0 fully saturated rings. The van der Waals surface area contributed by atoms with Crippen LogP contribution in [-0.2, 0) is 10.0 Å². The van der Waals surface area contributed by atoms with Crippen LogP contribution < -0.4 is 10.5 Å². The highest BCUT2D eigenvalue weighted by Crippen LogP contribution is 2.18. The number of hydrogen-bond acceptors (Lipinski definition) is 4. The monoisotopic (exact) mass is 246 g/mol. The molecule has 0 radical (unpaired) electrons. The van der Waals surface area contributed by atoms with E-state index in [1.54, 1.807) is 0 Å². The van der Waals surface area contributed by atoms with Gasteiger partial charge in [-0.15, -0.1) is 0 Å². The second-order valence-electron chi connectivity index (χ2n) is 4.86. The van der Waals surface area contributed by atoms with E-state index in [1.165, 1.54) is 6.20 Å². The fraction of sp³-hybridized carbons (Fsp3) is 0.667. The maximum Gasteiger partial charge on any atom is 0.245 e. The highest BCUT2D eigenvalue weighted by molar-refractivity contribution is 7.89. The number of hydrogen-bond donors (Lipinski definition) is 3. The van der Waals surface area contributed by atoms with E-state index in [4.69, 9.17) is 5.73 Å². The van der Waals surface area contributed by atoms with Crippen LogP contribution >= 0.6 is 0 Å². The summed E-state index contributed by atoms with van der Waals surface area (Å²) in [6.45, 7) is 6.53. The molecule has 0 saturated heterocycles. The zero-order valence-electron chi connectivity index (χ0n) is 9.74. The standard InChI is InChI=1S/C9H18N4O2S/c1-9(2,3)4-5-12-16(14,15)7-6-11-13-8(7)10/h6,12H,4-5H2,1-3H3,(H3,10,11,13). The molecule has 4 N–H and O–H groups in total.